The minimum absolute atomic E-state index is 0.0491. The van der Waals surface area contributed by atoms with Crippen LogP contribution in [-0.4, -0.2) is 79.6 Å². The highest BCUT2D eigenvalue weighted by molar-refractivity contribution is 5.73. The Labute approximate surface area is 193 Å². The zero-order valence-corrected chi connectivity index (χ0v) is 19.0. The fourth-order valence-corrected chi connectivity index (χ4v) is 5.50. The average molecular weight is 455 g/mol. The van der Waals surface area contributed by atoms with Crippen LogP contribution in [0.5, 0.6) is 5.75 Å². The number of alkyl halides is 1. The third-order valence-corrected chi connectivity index (χ3v) is 7.37. The molecule has 1 aromatic carbocycles. The third-order valence-electron chi connectivity index (χ3n) is 7.37. The van der Waals surface area contributed by atoms with E-state index in [1.54, 1.807) is 6.33 Å². The van der Waals surface area contributed by atoms with Crippen LogP contribution >= 0.6 is 0 Å². The molecule has 2 N–H and O–H groups in total. The summed E-state index contributed by atoms with van der Waals surface area (Å²) < 4.78 is 26.1. The van der Waals surface area contributed by atoms with E-state index in [0.717, 1.165) is 73.3 Å². The number of halogens is 1. The summed E-state index contributed by atoms with van der Waals surface area (Å²) in [5.74, 6) is 2.99. The van der Waals surface area contributed by atoms with E-state index in [4.69, 9.17) is 9.47 Å². The Bertz CT molecular complexity index is 1020. The molecule has 0 bridgehead atoms. The zero-order chi connectivity index (χ0) is 22.4. The molecule has 4 aliphatic heterocycles. The molecule has 6 rings (SSSR count). The normalized spacial score (nSPS) is 25.8. The average Bonchev–Trinajstić information content (AvgIpc) is 2.99. The number of fused-ring (bicyclic) bond motifs is 2. The van der Waals surface area contributed by atoms with Crippen LogP contribution in [0.15, 0.2) is 18.5 Å². The zero-order valence-electron chi connectivity index (χ0n) is 19.0. The van der Waals surface area contributed by atoms with Crippen LogP contribution in [0, 0.1) is 6.92 Å². The Morgan fingerprint density at radius 3 is 2.82 bits per heavy atom. The van der Waals surface area contributed by atoms with Gasteiger partial charge in [-0.25, -0.2) is 14.4 Å². The van der Waals surface area contributed by atoms with Crippen LogP contribution in [0.1, 0.15) is 29.0 Å². The van der Waals surface area contributed by atoms with Crippen LogP contribution in [0.3, 0.4) is 0 Å². The largest absolute Gasteiger partial charge is 0.486 e. The Kier molecular flexibility index (Phi) is 5.55. The molecule has 2 aromatic rings. The second-order valence-corrected chi connectivity index (χ2v) is 9.48. The van der Waals surface area contributed by atoms with Gasteiger partial charge in [0.15, 0.2) is 0 Å². The van der Waals surface area contributed by atoms with Gasteiger partial charge in [-0.15, -0.1) is 0 Å². The van der Waals surface area contributed by atoms with Crippen LogP contribution in [0.25, 0.3) is 0 Å². The number of morpholine rings is 1. The molecule has 2 atom stereocenters. The van der Waals surface area contributed by atoms with E-state index < -0.39 is 6.17 Å². The van der Waals surface area contributed by atoms with Crippen molar-refractivity contribution in [1.82, 2.24) is 20.2 Å². The molecule has 3 saturated heterocycles. The van der Waals surface area contributed by atoms with Crippen molar-refractivity contribution in [3.63, 3.8) is 0 Å². The summed E-state index contributed by atoms with van der Waals surface area (Å²) in [6.45, 7) is 8.74. The maximum Gasteiger partial charge on any atom is 0.146 e. The number of likely N-dealkylation sites (tertiary alicyclic amines) is 1. The van der Waals surface area contributed by atoms with E-state index in [2.05, 4.69) is 49.5 Å². The summed E-state index contributed by atoms with van der Waals surface area (Å²) in [6, 6.07) is 4.46. The van der Waals surface area contributed by atoms with Gasteiger partial charge in [-0.3, -0.25) is 4.90 Å². The van der Waals surface area contributed by atoms with E-state index in [9.17, 15) is 4.39 Å². The Morgan fingerprint density at radius 1 is 1.15 bits per heavy atom. The fraction of sp³-hybridized carbons (Fsp3) is 0.583. The highest BCUT2D eigenvalue weighted by atomic mass is 19.1. The molecule has 3 fully saturated rings. The van der Waals surface area contributed by atoms with Crippen molar-refractivity contribution >= 4 is 17.3 Å². The van der Waals surface area contributed by atoms with Crippen LogP contribution in [-0.2, 0) is 11.3 Å². The molecule has 4 aliphatic rings. The molecule has 0 spiro atoms. The number of ether oxygens (including phenoxy) is 2. The second kappa shape index (κ2) is 8.70. The fourth-order valence-electron chi connectivity index (χ4n) is 5.50. The molecule has 0 aliphatic carbocycles. The van der Waals surface area contributed by atoms with Crippen molar-refractivity contribution in [1.29, 1.82) is 0 Å². The van der Waals surface area contributed by atoms with E-state index >= 15 is 0 Å². The van der Waals surface area contributed by atoms with Crippen molar-refractivity contribution in [3.8, 4) is 5.75 Å². The summed E-state index contributed by atoms with van der Waals surface area (Å²) in [4.78, 5) is 13.7. The number of aryl methyl sites for hydroxylation is 1. The smallest absolute Gasteiger partial charge is 0.146 e. The lowest BCUT2D eigenvalue weighted by Crippen LogP contribution is -2.58. The predicted molar refractivity (Wildman–Crippen MR) is 124 cm³/mol. The van der Waals surface area contributed by atoms with Crippen LogP contribution < -0.4 is 20.3 Å². The number of aromatic nitrogens is 2. The lowest BCUT2D eigenvalue weighted by molar-refractivity contribution is 0.0250. The molecule has 0 amide bonds. The van der Waals surface area contributed by atoms with Gasteiger partial charge in [-0.2, -0.15) is 0 Å². The van der Waals surface area contributed by atoms with Gasteiger partial charge in [0, 0.05) is 44.7 Å². The SMILES string of the molecule is Cc1cc(C2CN(C3CCNCC3F)C2)cc2c1OCc1c(ncnc1N1CCOCC1)N2. The van der Waals surface area contributed by atoms with E-state index in [1.165, 1.54) is 5.56 Å². The molecule has 176 valence electrons. The minimum atomic E-state index is -0.777. The molecule has 1 aromatic heterocycles. The van der Waals surface area contributed by atoms with Crippen molar-refractivity contribution < 1.29 is 13.9 Å². The number of hydrogen-bond acceptors (Lipinski definition) is 8. The standard InChI is InChI=1S/C24H31FN6O2/c1-15-8-16(17-11-31(12-17)21-2-3-26-10-19(21)25)9-20-22(15)33-13-18-23(29-20)27-14-28-24(18)30-4-6-32-7-5-30/h8-9,14,17,19,21,26H,2-7,10-13H2,1H3,(H,27,28,29). The van der Waals surface area contributed by atoms with Gasteiger partial charge >= 0.3 is 0 Å². The third kappa shape index (κ3) is 3.92. The lowest BCUT2D eigenvalue weighted by Gasteiger charge is -2.47. The van der Waals surface area contributed by atoms with E-state index in [0.29, 0.717) is 32.3 Å². The van der Waals surface area contributed by atoms with Crippen LogP contribution in [0.4, 0.5) is 21.7 Å². The number of piperidine rings is 1. The van der Waals surface area contributed by atoms with Gasteiger partial charge < -0.3 is 25.0 Å². The molecular weight excluding hydrogens is 423 g/mol. The first-order chi connectivity index (χ1) is 16.2. The summed E-state index contributed by atoms with van der Waals surface area (Å²) in [7, 11) is 0. The van der Waals surface area contributed by atoms with Crippen molar-refractivity contribution in [2.45, 2.75) is 38.1 Å². The topological polar surface area (TPSA) is 74.8 Å². The van der Waals surface area contributed by atoms with Gasteiger partial charge in [-0.1, -0.05) is 6.07 Å². The van der Waals surface area contributed by atoms with E-state index in [-0.39, 0.29) is 6.04 Å². The molecule has 8 nitrogen and oxygen atoms in total. The first-order valence-electron chi connectivity index (χ1n) is 12.0. The predicted octanol–water partition coefficient (Wildman–Crippen LogP) is 2.36. The molecule has 0 radical (unpaired) electrons. The molecule has 33 heavy (non-hydrogen) atoms. The number of rotatable bonds is 3. The maximum absolute atomic E-state index is 14.3. The highest BCUT2D eigenvalue weighted by Gasteiger charge is 2.38. The number of nitrogens with zero attached hydrogens (tertiary/aromatic N) is 4. The van der Waals surface area contributed by atoms with Crippen LogP contribution in [0.2, 0.25) is 0 Å². The highest BCUT2D eigenvalue weighted by Crippen LogP contribution is 2.41. The molecule has 9 heteroatoms. The second-order valence-electron chi connectivity index (χ2n) is 9.48. The van der Waals surface area contributed by atoms with Gasteiger partial charge in [0.25, 0.3) is 0 Å². The van der Waals surface area contributed by atoms with E-state index in [1.807, 2.05) is 0 Å². The van der Waals surface area contributed by atoms with Gasteiger partial charge in [0.1, 0.15) is 36.5 Å². The Balaban J connectivity index is 1.23. The van der Waals surface area contributed by atoms with Gasteiger partial charge in [-0.05, 0) is 37.1 Å². The molecular formula is C24H31FN6O2. The summed E-state index contributed by atoms with van der Waals surface area (Å²) in [5.41, 5.74) is 4.30. The van der Waals surface area contributed by atoms with Gasteiger partial charge in [0.2, 0.25) is 0 Å². The number of benzene rings is 1. The number of nitrogens with one attached hydrogen (secondary N) is 2. The summed E-state index contributed by atoms with van der Waals surface area (Å²) in [5, 5.41) is 6.68. The maximum atomic E-state index is 14.3. The number of hydrogen-bond donors (Lipinski definition) is 2. The minimum Gasteiger partial charge on any atom is -0.486 e. The Hall–Kier alpha value is -2.49. The summed E-state index contributed by atoms with van der Waals surface area (Å²) in [6.07, 6.45) is 1.73. The quantitative estimate of drug-likeness (QED) is 0.732. The summed E-state index contributed by atoms with van der Waals surface area (Å²) >= 11 is 0. The molecule has 5 heterocycles. The first kappa shape index (κ1) is 21.1. The molecule has 2 unspecified atom stereocenters. The van der Waals surface area contributed by atoms with Crippen molar-refractivity contribution in [2.24, 2.45) is 0 Å². The first-order valence-corrected chi connectivity index (χ1v) is 12.0. The Morgan fingerprint density at radius 2 is 2.00 bits per heavy atom. The molecule has 0 saturated carbocycles. The monoisotopic (exact) mass is 454 g/mol. The van der Waals surface area contributed by atoms with Crippen molar-refractivity contribution in [3.05, 3.63) is 35.2 Å². The van der Waals surface area contributed by atoms with Crippen molar-refractivity contribution in [2.75, 3.05) is 62.7 Å². The number of anilines is 3. The van der Waals surface area contributed by atoms with Gasteiger partial charge in [0.05, 0.1) is 24.5 Å². The lowest BCUT2D eigenvalue weighted by atomic mass is 9.86.